The lowest BCUT2D eigenvalue weighted by molar-refractivity contribution is -0.208. The van der Waals surface area contributed by atoms with Crippen molar-refractivity contribution in [3.8, 4) is 0 Å². The molecule has 0 saturated heterocycles. The summed E-state index contributed by atoms with van der Waals surface area (Å²) in [6, 6.07) is 0.639. The molecule has 1 rings (SSSR count). The molecule has 0 amide bonds. The fourth-order valence-corrected chi connectivity index (χ4v) is 0.957. The molecule has 0 fully saturated rings. The van der Waals surface area contributed by atoms with E-state index in [2.05, 4.69) is 0 Å². The molecule has 1 atom stereocenters. The van der Waals surface area contributed by atoms with Gasteiger partial charge in [0.15, 0.2) is 17.7 Å². The molecular formula is C8H4F6O. The van der Waals surface area contributed by atoms with Crippen LogP contribution in [0.2, 0.25) is 0 Å². The normalized spacial score (nSPS) is 14.1. The number of aliphatic hydroxyl groups is 1. The van der Waals surface area contributed by atoms with E-state index in [1.54, 1.807) is 0 Å². The van der Waals surface area contributed by atoms with Crippen LogP contribution in [0.15, 0.2) is 12.1 Å². The Morgan fingerprint density at radius 2 is 1.47 bits per heavy atom. The third-order valence-electron chi connectivity index (χ3n) is 1.66. The van der Waals surface area contributed by atoms with Crippen LogP contribution in [0.4, 0.5) is 26.3 Å². The van der Waals surface area contributed by atoms with Crippen molar-refractivity contribution in [2.45, 2.75) is 12.3 Å². The Morgan fingerprint density at radius 1 is 1.00 bits per heavy atom. The van der Waals surface area contributed by atoms with E-state index >= 15 is 0 Å². The summed E-state index contributed by atoms with van der Waals surface area (Å²) in [5.41, 5.74) is -1.73. The van der Waals surface area contributed by atoms with Crippen LogP contribution in [-0.4, -0.2) is 11.3 Å². The number of aliphatic hydroxyl groups excluding tert-OH is 1. The lowest BCUT2D eigenvalue weighted by Crippen LogP contribution is -2.23. The molecule has 0 aliphatic carbocycles. The number of hydrogen-bond donors (Lipinski definition) is 1. The molecule has 7 heteroatoms. The van der Waals surface area contributed by atoms with Crippen molar-refractivity contribution < 1.29 is 31.4 Å². The van der Waals surface area contributed by atoms with Crippen LogP contribution < -0.4 is 0 Å². The third kappa shape index (κ3) is 2.23. The maximum absolute atomic E-state index is 12.8. The van der Waals surface area contributed by atoms with Gasteiger partial charge < -0.3 is 5.11 Å². The van der Waals surface area contributed by atoms with Crippen molar-refractivity contribution in [1.82, 2.24) is 0 Å². The van der Waals surface area contributed by atoms with E-state index in [9.17, 15) is 26.3 Å². The predicted octanol–water partition coefficient (Wildman–Crippen LogP) is 2.70. The van der Waals surface area contributed by atoms with E-state index < -0.39 is 35.3 Å². The van der Waals surface area contributed by atoms with Crippen LogP contribution in [0.1, 0.15) is 11.7 Å². The van der Waals surface area contributed by atoms with Gasteiger partial charge in [-0.15, -0.1) is 0 Å². The van der Waals surface area contributed by atoms with Crippen LogP contribution in [0, 0.1) is 17.5 Å². The first-order valence-electron chi connectivity index (χ1n) is 3.63. The highest BCUT2D eigenvalue weighted by Gasteiger charge is 2.43. The van der Waals surface area contributed by atoms with Crippen molar-refractivity contribution in [1.29, 1.82) is 0 Å². The van der Waals surface area contributed by atoms with Gasteiger partial charge in [-0.05, 0) is 12.1 Å². The number of hydrogen-bond acceptors (Lipinski definition) is 1. The van der Waals surface area contributed by atoms with Crippen LogP contribution in [0.3, 0.4) is 0 Å². The molecule has 1 aromatic rings. The van der Waals surface area contributed by atoms with E-state index in [0.717, 1.165) is 0 Å². The zero-order valence-corrected chi connectivity index (χ0v) is 6.95. The second kappa shape index (κ2) is 3.73. The molecule has 0 saturated carbocycles. The van der Waals surface area contributed by atoms with Crippen molar-refractivity contribution >= 4 is 0 Å². The average molecular weight is 230 g/mol. The first-order chi connectivity index (χ1) is 6.75. The summed E-state index contributed by atoms with van der Waals surface area (Å²) in [7, 11) is 0. The summed E-state index contributed by atoms with van der Waals surface area (Å²) in [6.07, 6.45) is -8.64. The molecule has 1 N–H and O–H groups in total. The quantitative estimate of drug-likeness (QED) is 0.580. The molecular weight excluding hydrogens is 226 g/mol. The van der Waals surface area contributed by atoms with Gasteiger partial charge in [-0.2, -0.15) is 13.2 Å². The Hall–Kier alpha value is -1.24. The zero-order valence-electron chi connectivity index (χ0n) is 6.95. The summed E-state index contributed by atoms with van der Waals surface area (Å²) >= 11 is 0. The molecule has 1 aromatic carbocycles. The van der Waals surface area contributed by atoms with Gasteiger partial charge in [-0.1, -0.05) is 0 Å². The zero-order chi connectivity index (χ0) is 11.8. The minimum atomic E-state index is -5.25. The largest absolute Gasteiger partial charge is 0.418 e. The van der Waals surface area contributed by atoms with Gasteiger partial charge in [-0.25, -0.2) is 13.2 Å². The molecule has 0 aromatic heterocycles. The minimum absolute atomic E-state index is 0.308. The van der Waals surface area contributed by atoms with Crippen LogP contribution in [0.25, 0.3) is 0 Å². The standard InChI is InChI=1S/C8H4F6O/c9-3-1-2-4(10)6(11)5(3)7(15)8(12,13)14/h1-2,7,15H/t7-/m1/s1. The number of alkyl halides is 3. The Kier molecular flexibility index (Phi) is 2.94. The monoisotopic (exact) mass is 230 g/mol. The van der Waals surface area contributed by atoms with Crippen LogP contribution >= 0.6 is 0 Å². The SMILES string of the molecule is O[C@H](c1c(F)ccc(F)c1F)C(F)(F)F. The summed E-state index contributed by atoms with van der Waals surface area (Å²) in [4.78, 5) is 0. The Bertz CT molecular complexity index is 372. The van der Waals surface area contributed by atoms with E-state index in [1.165, 1.54) is 0 Å². The smallest absolute Gasteiger partial charge is 0.379 e. The van der Waals surface area contributed by atoms with Crippen molar-refractivity contribution in [2.75, 3.05) is 0 Å². The highest BCUT2D eigenvalue weighted by molar-refractivity contribution is 5.24. The van der Waals surface area contributed by atoms with E-state index in [-0.39, 0.29) is 0 Å². The maximum atomic E-state index is 12.8. The molecule has 0 unspecified atom stereocenters. The second-order valence-electron chi connectivity index (χ2n) is 2.70. The fraction of sp³-hybridized carbons (Fsp3) is 0.250. The summed E-state index contributed by atoms with van der Waals surface area (Å²) < 4.78 is 73.8. The minimum Gasteiger partial charge on any atom is -0.379 e. The summed E-state index contributed by atoms with van der Waals surface area (Å²) in [6.45, 7) is 0. The molecule has 0 aliphatic heterocycles. The fourth-order valence-electron chi connectivity index (χ4n) is 0.957. The van der Waals surface area contributed by atoms with Crippen molar-refractivity contribution in [3.63, 3.8) is 0 Å². The molecule has 0 radical (unpaired) electrons. The van der Waals surface area contributed by atoms with Crippen LogP contribution in [-0.2, 0) is 0 Å². The van der Waals surface area contributed by atoms with Gasteiger partial charge in [-0.3, -0.25) is 0 Å². The van der Waals surface area contributed by atoms with Crippen molar-refractivity contribution in [2.24, 2.45) is 0 Å². The first kappa shape index (κ1) is 11.8. The second-order valence-corrected chi connectivity index (χ2v) is 2.70. The van der Waals surface area contributed by atoms with Gasteiger partial charge in [0.1, 0.15) is 5.82 Å². The Morgan fingerprint density at radius 3 is 1.93 bits per heavy atom. The predicted molar refractivity (Wildman–Crippen MR) is 37.3 cm³/mol. The summed E-state index contributed by atoms with van der Waals surface area (Å²) in [5, 5.41) is 8.57. The number of rotatable bonds is 1. The molecule has 0 bridgehead atoms. The molecule has 0 heterocycles. The van der Waals surface area contributed by atoms with E-state index in [1.807, 2.05) is 0 Å². The van der Waals surface area contributed by atoms with Gasteiger partial charge in [0.25, 0.3) is 0 Å². The maximum Gasteiger partial charge on any atom is 0.418 e. The van der Waals surface area contributed by atoms with Crippen LogP contribution in [0.5, 0.6) is 0 Å². The Labute approximate surface area is 79.9 Å². The molecule has 0 aliphatic rings. The molecule has 15 heavy (non-hydrogen) atoms. The highest BCUT2D eigenvalue weighted by atomic mass is 19.4. The van der Waals surface area contributed by atoms with E-state index in [4.69, 9.17) is 5.11 Å². The molecule has 84 valence electrons. The van der Waals surface area contributed by atoms with Gasteiger partial charge in [0.2, 0.25) is 0 Å². The highest BCUT2D eigenvalue weighted by Crippen LogP contribution is 2.35. The first-order valence-corrected chi connectivity index (χ1v) is 3.63. The van der Waals surface area contributed by atoms with Gasteiger partial charge >= 0.3 is 6.18 Å². The lowest BCUT2D eigenvalue weighted by atomic mass is 10.1. The number of benzene rings is 1. The van der Waals surface area contributed by atoms with E-state index in [0.29, 0.717) is 12.1 Å². The molecule has 0 spiro atoms. The lowest BCUT2D eigenvalue weighted by Gasteiger charge is -2.16. The van der Waals surface area contributed by atoms with Crippen molar-refractivity contribution in [3.05, 3.63) is 35.1 Å². The Balaban J connectivity index is 3.31. The van der Waals surface area contributed by atoms with Gasteiger partial charge in [0.05, 0.1) is 5.56 Å². The number of halogens is 6. The molecule has 1 nitrogen and oxygen atoms in total. The van der Waals surface area contributed by atoms with Gasteiger partial charge in [0, 0.05) is 0 Å². The topological polar surface area (TPSA) is 20.2 Å². The average Bonchev–Trinajstić information content (AvgIpc) is 2.10. The summed E-state index contributed by atoms with van der Waals surface area (Å²) in [5.74, 6) is -5.35. The third-order valence-corrected chi connectivity index (χ3v) is 1.66.